The van der Waals surface area contributed by atoms with Crippen LogP contribution >= 0.6 is 11.6 Å². The topological polar surface area (TPSA) is 127 Å². The molecule has 2 N–H and O–H groups in total. The van der Waals surface area contributed by atoms with Crippen molar-refractivity contribution in [3.8, 4) is 29.4 Å². The molecule has 10 heteroatoms. The molecule has 2 atom stereocenters. The minimum absolute atomic E-state index is 0.0884. The quantitative estimate of drug-likeness (QED) is 0.293. The number of ether oxygens (including phenoxy) is 2. The van der Waals surface area contributed by atoms with E-state index in [0.29, 0.717) is 74.4 Å². The van der Waals surface area contributed by atoms with Crippen molar-refractivity contribution in [3.63, 3.8) is 0 Å². The van der Waals surface area contributed by atoms with Crippen LogP contribution in [0.3, 0.4) is 0 Å². The number of nitriles is 1. The second kappa shape index (κ2) is 7.87. The van der Waals surface area contributed by atoms with Gasteiger partial charge in [-0.15, -0.1) is 0 Å². The van der Waals surface area contributed by atoms with Crippen molar-refractivity contribution < 1.29 is 24.2 Å². The Morgan fingerprint density at radius 2 is 1.97 bits per heavy atom. The van der Waals surface area contributed by atoms with Crippen LogP contribution in [0, 0.1) is 11.3 Å². The SMILES string of the molecule is C[C@@]12CC[C@@](CCOc3noc4ccc(Cl)cc34)(O1)c1c2c(O)n(-c2ccc(C#N)c3ncccc23)c1O. The van der Waals surface area contributed by atoms with Crippen LogP contribution in [-0.4, -0.2) is 31.5 Å². The van der Waals surface area contributed by atoms with Crippen LogP contribution in [-0.2, 0) is 15.9 Å². The van der Waals surface area contributed by atoms with Crippen LogP contribution in [0.25, 0.3) is 27.6 Å². The molecule has 0 amide bonds. The average molecular weight is 529 g/mol. The minimum Gasteiger partial charge on any atom is -0.494 e. The van der Waals surface area contributed by atoms with E-state index in [4.69, 9.17) is 25.6 Å². The molecule has 3 aromatic heterocycles. The van der Waals surface area contributed by atoms with E-state index in [-0.39, 0.29) is 18.4 Å². The van der Waals surface area contributed by atoms with Gasteiger partial charge in [0.05, 0.1) is 45.5 Å². The normalized spacial score (nSPS) is 21.7. The second-order valence-corrected chi connectivity index (χ2v) is 10.4. The standard InChI is InChI=1S/C28H21ClN4O5/c1-27-8-9-28(38-27,10-12-36-24-18-13-16(29)5-7-20(18)37-32-24)22-21(27)25(34)33(26(22)35)19-6-4-15(14-30)23-17(19)3-2-11-31-23/h2-7,11,13,34-35H,8-10,12H2,1H3/t27-,28-/m0/s1. The van der Waals surface area contributed by atoms with Crippen LogP contribution in [0.4, 0.5) is 0 Å². The van der Waals surface area contributed by atoms with Crippen molar-refractivity contribution in [2.24, 2.45) is 0 Å². The first-order valence-electron chi connectivity index (χ1n) is 12.2. The fourth-order valence-corrected chi connectivity index (χ4v) is 6.26. The van der Waals surface area contributed by atoms with Gasteiger partial charge in [0.2, 0.25) is 11.8 Å². The maximum atomic E-state index is 11.6. The van der Waals surface area contributed by atoms with E-state index in [0.717, 1.165) is 0 Å². The average Bonchev–Trinajstić information content (AvgIpc) is 3.62. The van der Waals surface area contributed by atoms with Gasteiger partial charge in [-0.25, -0.2) is 0 Å². The zero-order chi connectivity index (χ0) is 26.2. The monoisotopic (exact) mass is 528 g/mol. The second-order valence-electron chi connectivity index (χ2n) is 9.93. The maximum Gasteiger partial charge on any atom is 0.262 e. The number of rotatable bonds is 5. The van der Waals surface area contributed by atoms with Gasteiger partial charge in [0.25, 0.3) is 5.88 Å². The highest BCUT2D eigenvalue weighted by Gasteiger charge is 2.61. The maximum absolute atomic E-state index is 11.6. The third kappa shape index (κ3) is 3.01. The highest BCUT2D eigenvalue weighted by molar-refractivity contribution is 6.31. The molecule has 0 saturated carbocycles. The molecule has 5 heterocycles. The Kier molecular flexibility index (Phi) is 4.74. The summed E-state index contributed by atoms with van der Waals surface area (Å²) in [6, 6.07) is 14.3. The van der Waals surface area contributed by atoms with E-state index in [1.54, 1.807) is 42.6 Å². The summed E-state index contributed by atoms with van der Waals surface area (Å²) in [6.07, 6.45) is 3.35. The van der Waals surface area contributed by atoms with Crippen LogP contribution in [0.5, 0.6) is 17.6 Å². The molecule has 0 aliphatic carbocycles. The molecule has 0 unspecified atom stereocenters. The Labute approximate surface area is 221 Å². The number of aromatic nitrogens is 3. The predicted octanol–water partition coefficient (Wildman–Crippen LogP) is 5.81. The lowest BCUT2D eigenvalue weighted by atomic mass is 9.78. The molecule has 2 aliphatic heterocycles. The van der Waals surface area contributed by atoms with Crippen LogP contribution in [0.15, 0.2) is 53.2 Å². The van der Waals surface area contributed by atoms with E-state index in [1.807, 2.05) is 13.0 Å². The molecule has 5 aromatic rings. The smallest absolute Gasteiger partial charge is 0.262 e. The van der Waals surface area contributed by atoms with E-state index in [1.165, 1.54) is 4.57 Å². The van der Waals surface area contributed by atoms with Gasteiger partial charge < -0.3 is 24.2 Å². The summed E-state index contributed by atoms with van der Waals surface area (Å²) >= 11 is 6.13. The first-order valence-corrected chi connectivity index (χ1v) is 12.6. The van der Waals surface area contributed by atoms with E-state index >= 15 is 0 Å². The molecule has 1 fully saturated rings. The minimum atomic E-state index is -0.852. The van der Waals surface area contributed by atoms with Gasteiger partial charge in [0.15, 0.2) is 5.58 Å². The van der Waals surface area contributed by atoms with Gasteiger partial charge in [0.1, 0.15) is 11.7 Å². The number of hydrogen-bond donors (Lipinski definition) is 2. The Morgan fingerprint density at radius 1 is 1.13 bits per heavy atom. The van der Waals surface area contributed by atoms with Crippen molar-refractivity contribution in [1.29, 1.82) is 5.26 Å². The summed E-state index contributed by atoms with van der Waals surface area (Å²) in [7, 11) is 0. The predicted molar refractivity (Wildman–Crippen MR) is 138 cm³/mol. The highest BCUT2D eigenvalue weighted by atomic mass is 35.5. The zero-order valence-corrected chi connectivity index (χ0v) is 21.0. The lowest BCUT2D eigenvalue weighted by Gasteiger charge is -2.26. The highest BCUT2D eigenvalue weighted by Crippen LogP contribution is 2.65. The van der Waals surface area contributed by atoms with Crippen LogP contribution in [0.1, 0.15) is 42.9 Å². The van der Waals surface area contributed by atoms with Crippen molar-refractivity contribution in [2.45, 2.75) is 37.4 Å². The Balaban J connectivity index is 1.28. The number of halogens is 1. The van der Waals surface area contributed by atoms with Gasteiger partial charge in [-0.05, 0) is 67.4 Å². The molecule has 190 valence electrons. The molecule has 0 spiro atoms. The Morgan fingerprint density at radius 3 is 2.82 bits per heavy atom. The molecular formula is C28H21ClN4O5. The molecule has 2 bridgehead atoms. The number of hydrogen-bond acceptors (Lipinski definition) is 8. The van der Waals surface area contributed by atoms with E-state index < -0.39 is 11.2 Å². The van der Waals surface area contributed by atoms with Crippen molar-refractivity contribution in [3.05, 3.63) is 70.4 Å². The van der Waals surface area contributed by atoms with Crippen molar-refractivity contribution in [2.75, 3.05) is 6.61 Å². The lowest BCUT2D eigenvalue weighted by Crippen LogP contribution is -2.25. The molecule has 9 nitrogen and oxygen atoms in total. The summed E-state index contributed by atoms with van der Waals surface area (Å²) < 4.78 is 19.3. The number of nitrogens with zero attached hydrogens (tertiary/aromatic N) is 4. The zero-order valence-electron chi connectivity index (χ0n) is 20.2. The third-order valence-electron chi connectivity index (χ3n) is 7.78. The van der Waals surface area contributed by atoms with Crippen molar-refractivity contribution in [1.82, 2.24) is 14.7 Å². The first-order chi connectivity index (χ1) is 18.3. The fourth-order valence-electron chi connectivity index (χ4n) is 6.08. The van der Waals surface area contributed by atoms with Gasteiger partial charge in [0, 0.05) is 23.0 Å². The summed E-state index contributed by atoms with van der Waals surface area (Å²) in [6.45, 7) is 2.16. The summed E-state index contributed by atoms with van der Waals surface area (Å²) in [5.41, 5.74) is 1.51. The molecule has 2 aromatic carbocycles. The van der Waals surface area contributed by atoms with Gasteiger partial charge in [-0.1, -0.05) is 11.6 Å². The number of pyridine rings is 1. The Bertz CT molecular complexity index is 1820. The molecule has 7 rings (SSSR count). The number of fused-ring (bicyclic) bond motifs is 7. The fraction of sp³-hybridized carbons (Fsp3) is 0.250. The van der Waals surface area contributed by atoms with Crippen molar-refractivity contribution >= 4 is 33.5 Å². The largest absolute Gasteiger partial charge is 0.494 e. The number of benzene rings is 2. The lowest BCUT2D eigenvalue weighted by molar-refractivity contribution is -0.0877. The number of aromatic hydroxyl groups is 2. The van der Waals surface area contributed by atoms with Gasteiger partial charge >= 0.3 is 0 Å². The van der Waals surface area contributed by atoms with Gasteiger partial charge in [-0.3, -0.25) is 9.55 Å². The van der Waals surface area contributed by atoms with Crippen LogP contribution < -0.4 is 4.74 Å². The molecule has 1 saturated heterocycles. The molecule has 0 radical (unpaired) electrons. The molecule has 38 heavy (non-hydrogen) atoms. The third-order valence-corrected chi connectivity index (χ3v) is 8.02. The molecule has 2 aliphatic rings. The van der Waals surface area contributed by atoms with Gasteiger partial charge in [-0.2, -0.15) is 5.26 Å². The summed E-state index contributed by atoms with van der Waals surface area (Å²) in [5, 5.41) is 38.4. The summed E-state index contributed by atoms with van der Waals surface area (Å²) in [5.74, 6) is 0.142. The Hall–Kier alpha value is -4.26. The first kappa shape index (κ1) is 22.9. The molecular weight excluding hydrogens is 508 g/mol. The van der Waals surface area contributed by atoms with E-state index in [9.17, 15) is 15.5 Å². The van der Waals surface area contributed by atoms with E-state index in [2.05, 4.69) is 16.2 Å². The van der Waals surface area contributed by atoms with Crippen LogP contribution in [0.2, 0.25) is 5.02 Å². The summed E-state index contributed by atoms with van der Waals surface area (Å²) in [4.78, 5) is 4.36.